The number of nitrogens with two attached hydrogens (primary N) is 1. The van der Waals surface area contributed by atoms with Crippen LogP contribution in [0.1, 0.15) is 31.9 Å². The minimum Gasteiger partial charge on any atom is -0.380 e. The predicted molar refractivity (Wildman–Crippen MR) is 76.4 cm³/mol. The average Bonchev–Trinajstić information content (AvgIpc) is 2.35. The molecular formula is C15H24N2O2. The van der Waals surface area contributed by atoms with Gasteiger partial charge in [-0.3, -0.25) is 4.79 Å². The van der Waals surface area contributed by atoms with E-state index < -0.39 is 6.04 Å². The van der Waals surface area contributed by atoms with Crippen molar-refractivity contribution in [1.82, 2.24) is 5.32 Å². The fourth-order valence-electron chi connectivity index (χ4n) is 1.71. The maximum Gasteiger partial charge on any atom is 0.237 e. The zero-order valence-electron chi connectivity index (χ0n) is 12.2. The van der Waals surface area contributed by atoms with Crippen molar-refractivity contribution in [2.75, 3.05) is 7.11 Å². The number of methoxy groups -OCH3 is 1. The standard InChI is InChI=1S/C15H24N2O2/c1-15(2,3)13(16)14(18)17-9-11-7-5-6-8-12(11)10-19-4/h5-8,13H,9-10,16H2,1-4H3,(H,17,18)/t13-/m0/s1. The normalized spacial score (nSPS) is 13.1. The number of amides is 1. The number of rotatable bonds is 5. The molecular weight excluding hydrogens is 240 g/mol. The van der Waals surface area contributed by atoms with Crippen LogP contribution in [0.15, 0.2) is 24.3 Å². The molecule has 1 amide bonds. The molecule has 0 aliphatic carbocycles. The summed E-state index contributed by atoms with van der Waals surface area (Å²) in [6, 6.07) is 7.37. The van der Waals surface area contributed by atoms with Crippen LogP contribution in [0.4, 0.5) is 0 Å². The first kappa shape index (κ1) is 15.7. The second-order valence-corrected chi connectivity index (χ2v) is 5.76. The average molecular weight is 264 g/mol. The summed E-state index contributed by atoms with van der Waals surface area (Å²) >= 11 is 0. The van der Waals surface area contributed by atoms with Crippen molar-refractivity contribution in [3.05, 3.63) is 35.4 Å². The van der Waals surface area contributed by atoms with Crippen LogP contribution in [0, 0.1) is 5.41 Å². The molecule has 0 saturated carbocycles. The molecule has 0 aliphatic heterocycles. The SMILES string of the molecule is COCc1ccccc1CNC(=O)[C@H](N)C(C)(C)C. The van der Waals surface area contributed by atoms with Crippen molar-refractivity contribution >= 4 is 5.91 Å². The molecule has 0 radical (unpaired) electrons. The summed E-state index contributed by atoms with van der Waals surface area (Å²) in [5, 5.41) is 2.88. The first-order chi connectivity index (χ1) is 8.86. The topological polar surface area (TPSA) is 64.3 Å². The van der Waals surface area contributed by atoms with Gasteiger partial charge in [0, 0.05) is 13.7 Å². The summed E-state index contributed by atoms with van der Waals surface area (Å²) < 4.78 is 5.14. The summed E-state index contributed by atoms with van der Waals surface area (Å²) in [6.45, 7) is 6.88. The van der Waals surface area contributed by atoms with E-state index in [1.165, 1.54) is 0 Å². The van der Waals surface area contributed by atoms with Crippen LogP contribution in [0.3, 0.4) is 0 Å². The van der Waals surface area contributed by atoms with E-state index in [2.05, 4.69) is 5.32 Å². The van der Waals surface area contributed by atoms with Gasteiger partial charge in [-0.1, -0.05) is 45.0 Å². The number of ether oxygens (including phenoxy) is 1. The Kier molecular flexibility index (Phi) is 5.51. The molecule has 0 unspecified atom stereocenters. The molecule has 1 rings (SSSR count). The van der Waals surface area contributed by atoms with Gasteiger partial charge in [-0.05, 0) is 16.5 Å². The van der Waals surface area contributed by atoms with Gasteiger partial charge in [0.15, 0.2) is 0 Å². The van der Waals surface area contributed by atoms with E-state index in [0.29, 0.717) is 13.2 Å². The Morgan fingerprint density at radius 2 is 1.89 bits per heavy atom. The van der Waals surface area contributed by atoms with E-state index in [1.54, 1.807) is 7.11 Å². The minimum absolute atomic E-state index is 0.125. The number of nitrogens with one attached hydrogen (secondary N) is 1. The third kappa shape index (κ3) is 4.65. The van der Waals surface area contributed by atoms with Crippen LogP contribution in [-0.2, 0) is 22.7 Å². The quantitative estimate of drug-likeness (QED) is 0.852. The zero-order chi connectivity index (χ0) is 14.5. The van der Waals surface area contributed by atoms with E-state index in [0.717, 1.165) is 11.1 Å². The van der Waals surface area contributed by atoms with E-state index in [-0.39, 0.29) is 11.3 Å². The molecule has 0 aliphatic rings. The van der Waals surface area contributed by atoms with Gasteiger partial charge in [0.05, 0.1) is 12.6 Å². The maximum absolute atomic E-state index is 12.0. The molecule has 3 N–H and O–H groups in total. The van der Waals surface area contributed by atoms with Gasteiger partial charge in [0.2, 0.25) is 5.91 Å². The highest BCUT2D eigenvalue weighted by atomic mass is 16.5. The summed E-state index contributed by atoms with van der Waals surface area (Å²) in [5.41, 5.74) is 7.81. The lowest BCUT2D eigenvalue weighted by Crippen LogP contribution is -2.48. The summed E-state index contributed by atoms with van der Waals surface area (Å²) in [7, 11) is 1.66. The van der Waals surface area contributed by atoms with Crippen LogP contribution in [0.2, 0.25) is 0 Å². The van der Waals surface area contributed by atoms with Crippen LogP contribution in [0.5, 0.6) is 0 Å². The van der Waals surface area contributed by atoms with Gasteiger partial charge >= 0.3 is 0 Å². The fourth-order valence-corrected chi connectivity index (χ4v) is 1.71. The molecule has 1 aromatic rings. The van der Waals surface area contributed by atoms with Gasteiger partial charge in [-0.2, -0.15) is 0 Å². The van der Waals surface area contributed by atoms with E-state index >= 15 is 0 Å². The molecule has 0 spiro atoms. The van der Waals surface area contributed by atoms with E-state index in [1.807, 2.05) is 45.0 Å². The third-order valence-electron chi connectivity index (χ3n) is 3.09. The minimum atomic E-state index is -0.512. The van der Waals surface area contributed by atoms with Crippen LogP contribution < -0.4 is 11.1 Å². The Morgan fingerprint density at radius 1 is 1.32 bits per heavy atom. The Balaban J connectivity index is 2.64. The molecule has 106 valence electrons. The van der Waals surface area contributed by atoms with Crippen LogP contribution >= 0.6 is 0 Å². The second-order valence-electron chi connectivity index (χ2n) is 5.76. The van der Waals surface area contributed by atoms with E-state index in [4.69, 9.17) is 10.5 Å². The van der Waals surface area contributed by atoms with Gasteiger partial charge < -0.3 is 15.8 Å². The first-order valence-corrected chi connectivity index (χ1v) is 6.45. The fraction of sp³-hybridized carbons (Fsp3) is 0.533. The van der Waals surface area contributed by atoms with Crippen LogP contribution in [0.25, 0.3) is 0 Å². The van der Waals surface area contributed by atoms with Crippen molar-refractivity contribution in [2.45, 2.75) is 40.0 Å². The summed E-state index contributed by atoms with van der Waals surface area (Å²) in [6.07, 6.45) is 0. The number of hydrogen-bond acceptors (Lipinski definition) is 3. The van der Waals surface area contributed by atoms with E-state index in [9.17, 15) is 4.79 Å². The monoisotopic (exact) mass is 264 g/mol. The molecule has 0 fully saturated rings. The highest BCUT2D eigenvalue weighted by Gasteiger charge is 2.27. The second kappa shape index (κ2) is 6.68. The third-order valence-corrected chi connectivity index (χ3v) is 3.09. The van der Waals surface area contributed by atoms with Crippen molar-refractivity contribution in [3.63, 3.8) is 0 Å². The molecule has 4 nitrogen and oxygen atoms in total. The molecule has 0 heterocycles. The number of hydrogen-bond donors (Lipinski definition) is 2. The predicted octanol–water partition coefficient (Wildman–Crippen LogP) is 1.82. The maximum atomic E-state index is 12.0. The van der Waals surface area contributed by atoms with Gasteiger partial charge in [0.25, 0.3) is 0 Å². The number of carbonyl (C=O) groups excluding carboxylic acids is 1. The van der Waals surface area contributed by atoms with Crippen molar-refractivity contribution < 1.29 is 9.53 Å². The van der Waals surface area contributed by atoms with Gasteiger partial charge in [0.1, 0.15) is 0 Å². The Labute approximate surface area is 115 Å². The molecule has 0 bridgehead atoms. The lowest BCUT2D eigenvalue weighted by molar-refractivity contribution is -0.124. The highest BCUT2D eigenvalue weighted by molar-refractivity contribution is 5.82. The Hall–Kier alpha value is -1.39. The van der Waals surface area contributed by atoms with Gasteiger partial charge in [-0.15, -0.1) is 0 Å². The van der Waals surface area contributed by atoms with Gasteiger partial charge in [-0.25, -0.2) is 0 Å². The van der Waals surface area contributed by atoms with Crippen molar-refractivity contribution in [1.29, 1.82) is 0 Å². The zero-order valence-corrected chi connectivity index (χ0v) is 12.2. The number of carbonyl (C=O) groups is 1. The van der Waals surface area contributed by atoms with Crippen molar-refractivity contribution in [3.8, 4) is 0 Å². The Bertz CT molecular complexity index is 424. The molecule has 1 aromatic carbocycles. The highest BCUT2D eigenvalue weighted by Crippen LogP contribution is 2.17. The van der Waals surface area contributed by atoms with Crippen molar-refractivity contribution in [2.24, 2.45) is 11.1 Å². The Morgan fingerprint density at radius 3 is 2.42 bits per heavy atom. The summed E-state index contributed by atoms with van der Waals surface area (Å²) in [5.74, 6) is -0.125. The summed E-state index contributed by atoms with van der Waals surface area (Å²) in [4.78, 5) is 12.0. The molecule has 0 aromatic heterocycles. The molecule has 0 saturated heterocycles. The molecule has 19 heavy (non-hydrogen) atoms. The smallest absolute Gasteiger partial charge is 0.237 e. The first-order valence-electron chi connectivity index (χ1n) is 6.45. The molecule has 4 heteroatoms. The lowest BCUT2D eigenvalue weighted by Gasteiger charge is -2.26. The molecule has 1 atom stereocenters. The number of benzene rings is 1. The lowest BCUT2D eigenvalue weighted by atomic mass is 9.87. The van der Waals surface area contributed by atoms with Crippen LogP contribution in [-0.4, -0.2) is 19.1 Å². The largest absolute Gasteiger partial charge is 0.380 e.